The predicted molar refractivity (Wildman–Crippen MR) is 98.0 cm³/mol. The summed E-state index contributed by atoms with van der Waals surface area (Å²) >= 11 is 0. The van der Waals surface area contributed by atoms with Gasteiger partial charge >= 0.3 is 6.18 Å². The van der Waals surface area contributed by atoms with Crippen LogP contribution >= 0.6 is 0 Å². The highest BCUT2D eigenvalue weighted by molar-refractivity contribution is 5.94. The van der Waals surface area contributed by atoms with Gasteiger partial charge in [0.1, 0.15) is 0 Å². The second-order valence-electron chi connectivity index (χ2n) is 6.25. The maximum absolute atomic E-state index is 12.6. The minimum absolute atomic E-state index is 0.276. The molecule has 4 rings (SSSR count). The second kappa shape index (κ2) is 6.88. The van der Waals surface area contributed by atoms with Crippen LogP contribution < -0.4 is 5.32 Å². The number of carbonyl (C=O) groups is 1. The van der Waals surface area contributed by atoms with E-state index in [4.69, 9.17) is 0 Å². The van der Waals surface area contributed by atoms with Crippen molar-refractivity contribution in [3.8, 4) is 5.69 Å². The molecular weight excluding hydrogens is 369 g/mol. The maximum Gasteiger partial charge on any atom is 0.435 e. The number of amides is 1. The van der Waals surface area contributed by atoms with E-state index in [2.05, 4.69) is 15.4 Å². The lowest BCUT2D eigenvalue weighted by molar-refractivity contribution is -0.141. The third-order valence-electron chi connectivity index (χ3n) is 4.30. The number of H-pyrrole nitrogens is 1. The molecule has 0 fully saturated rings. The van der Waals surface area contributed by atoms with E-state index in [9.17, 15) is 18.0 Å². The molecule has 0 aliphatic heterocycles. The molecule has 142 valence electrons. The molecule has 2 aromatic carbocycles. The number of nitrogens with one attached hydrogen (secondary N) is 2. The Bertz CT molecular complexity index is 1090. The molecule has 0 bridgehead atoms. The fourth-order valence-corrected chi connectivity index (χ4v) is 2.89. The van der Waals surface area contributed by atoms with Gasteiger partial charge in [-0.1, -0.05) is 18.2 Å². The quantitative estimate of drug-likeness (QED) is 0.551. The Morgan fingerprint density at radius 3 is 2.50 bits per heavy atom. The Morgan fingerprint density at radius 2 is 1.82 bits per heavy atom. The van der Waals surface area contributed by atoms with Crippen LogP contribution in [0.1, 0.15) is 21.7 Å². The van der Waals surface area contributed by atoms with Crippen LogP contribution in [-0.4, -0.2) is 20.7 Å². The molecule has 0 spiro atoms. The number of alkyl halides is 3. The molecule has 0 saturated heterocycles. The monoisotopic (exact) mass is 384 g/mol. The summed E-state index contributed by atoms with van der Waals surface area (Å²) in [6, 6.07) is 16.9. The zero-order valence-corrected chi connectivity index (χ0v) is 14.5. The largest absolute Gasteiger partial charge is 0.435 e. The maximum atomic E-state index is 12.6. The summed E-state index contributed by atoms with van der Waals surface area (Å²) in [6.07, 6.45) is -3.26. The van der Waals surface area contributed by atoms with Gasteiger partial charge in [0.05, 0.1) is 12.2 Å². The standard InChI is InChI=1S/C20H15F3N4O/c21-20(22,23)18-9-10-27(26-18)16-7-5-13(6-8-16)19(28)24-12-15-11-14-3-1-2-4-17(14)25-15/h1-11,25H,12H2,(H,24,28). The van der Waals surface area contributed by atoms with Gasteiger partial charge in [-0.25, -0.2) is 4.68 Å². The van der Waals surface area contributed by atoms with Gasteiger partial charge in [0.25, 0.3) is 5.91 Å². The second-order valence-corrected chi connectivity index (χ2v) is 6.25. The molecule has 0 atom stereocenters. The van der Waals surface area contributed by atoms with Crippen molar-refractivity contribution in [3.05, 3.63) is 83.8 Å². The number of rotatable bonds is 4. The van der Waals surface area contributed by atoms with Crippen LogP contribution in [0.4, 0.5) is 13.2 Å². The molecule has 28 heavy (non-hydrogen) atoms. The normalized spacial score (nSPS) is 11.7. The molecule has 8 heteroatoms. The lowest BCUT2D eigenvalue weighted by Crippen LogP contribution is -2.22. The van der Waals surface area contributed by atoms with Crippen LogP contribution in [0.3, 0.4) is 0 Å². The number of carbonyl (C=O) groups excluding carboxylic acids is 1. The third kappa shape index (κ3) is 3.62. The van der Waals surface area contributed by atoms with Crippen molar-refractivity contribution in [2.45, 2.75) is 12.7 Å². The summed E-state index contributed by atoms with van der Waals surface area (Å²) in [7, 11) is 0. The average Bonchev–Trinajstić information content (AvgIpc) is 3.33. The highest BCUT2D eigenvalue weighted by Gasteiger charge is 2.33. The molecule has 0 unspecified atom stereocenters. The minimum atomic E-state index is -4.49. The molecule has 2 aromatic heterocycles. The molecule has 1 amide bonds. The van der Waals surface area contributed by atoms with E-state index in [0.717, 1.165) is 27.3 Å². The summed E-state index contributed by atoms with van der Waals surface area (Å²) in [6.45, 7) is 0.337. The summed E-state index contributed by atoms with van der Waals surface area (Å²) in [5.41, 5.74) is 1.74. The van der Waals surface area contributed by atoms with E-state index in [1.807, 2.05) is 30.3 Å². The van der Waals surface area contributed by atoms with Crippen molar-refractivity contribution < 1.29 is 18.0 Å². The van der Waals surface area contributed by atoms with Gasteiger partial charge in [-0.15, -0.1) is 0 Å². The number of nitrogens with zero attached hydrogens (tertiary/aromatic N) is 2. The highest BCUT2D eigenvalue weighted by Crippen LogP contribution is 2.27. The van der Waals surface area contributed by atoms with Crippen LogP contribution in [0.25, 0.3) is 16.6 Å². The van der Waals surface area contributed by atoms with E-state index in [0.29, 0.717) is 17.8 Å². The molecule has 0 aliphatic carbocycles. The van der Waals surface area contributed by atoms with Crippen molar-refractivity contribution >= 4 is 16.8 Å². The first kappa shape index (κ1) is 17.8. The molecular formula is C20H15F3N4O. The zero-order chi connectivity index (χ0) is 19.7. The summed E-state index contributed by atoms with van der Waals surface area (Å²) in [4.78, 5) is 15.5. The summed E-state index contributed by atoms with van der Waals surface area (Å²) in [5, 5.41) is 7.39. The first-order valence-corrected chi connectivity index (χ1v) is 8.48. The number of para-hydroxylation sites is 1. The Hall–Kier alpha value is -3.55. The van der Waals surface area contributed by atoms with E-state index in [-0.39, 0.29) is 5.91 Å². The number of benzene rings is 2. The van der Waals surface area contributed by atoms with Gasteiger partial charge in [0, 0.05) is 23.0 Å². The molecule has 4 aromatic rings. The average molecular weight is 384 g/mol. The van der Waals surface area contributed by atoms with Crippen LogP contribution in [0.2, 0.25) is 0 Å². The first-order chi connectivity index (χ1) is 13.4. The molecule has 0 radical (unpaired) electrons. The minimum Gasteiger partial charge on any atom is -0.357 e. The Labute approximate surface area is 157 Å². The van der Waals surface area contributed by atoms with Crippen molar-refractivity contribution in [3.63, 3.8) is 0 Å². The SMILES string of the molecule is O=C(NCc1cc2ccccc2[nH]1)c1ccc(-n2ccc(C(F)(F)F)n2)cc1. The fraction of sp³-hybridized carbons (Fsp3) is 0.100. The third-order valence-corrected chi connectivity index (χ3v) is 4.30. The Morgan fingerprint density at radius 1 is 1.07 bits per heavy atom. The number of hydrogen-bond acceptors (Lipinski definition) is 2. The topological polar surface area (TPSA) is 62.7 Å². The van der Waals surface area contributed by atoms with Crippen molar-refractivity contribution in [1.29, 1.82) is 0 Å². The van der Waals surface area contributed by atoms with E-state index < -0.39 is 11.9 Å². The number of hydrogen-bond donors (Lipinski definition) is 2. The van der Waals surface area contributed by atoms with E-state index >= 15 is 0 Å². The first-order valence-electron chi connectivity index (χ1n) is 8.48. The Kier molecular flexibility index (Phi) is 4.38. The van der Waals surface area contributed by atoms with Gasteiger partial charge in [0.2, 0.25) is 0 Å². The van der Waals surface area contributed by atoms with Gasteiger partial charge in [-0.2, -0.15) is 18.3 Å². The highest BCUT2D eigenvalue weighted by atomic mass is 19.4. The van der Waals surface area contributed by atoms with Crippen molar-refractivity contribution in [2.24, 2.45) is 0 Å². The molecule has 0 saturated carbocycles. The predicted octanol–water partition coefficient (Wildman–Crippen LogP) is 4.30. The fourth-order valence-electron chi connectivity index (χ4n) is 2.89. The van der Waals surface area contributed by atoms with Gasteiger partial charge in [0.15, 0.2) is 5.69 Å². The van der Waals surface area contributed by atoms with Crippen LogP contribution in [0.15, 0.2) is 66.9 Å². The molecule has 5 nitrogen and oxygen atoms in total. The van der Waals surface area contributed by atoms with Gasteiger partial charge in [-0.05, 0) is 47.9 Å². The number of aromatic amines is 1. The lowest BCUT2D eigenvalue weighted by atomic mass is 10.2. The molecule has 0 aliphatic rings. The van der Waals surface area contributed by atoms with Crippen LogP contribution in [-0.2, 0) is 12.7 Å². The summed E-state index contributed by atoms with van der Waals surface area (Å²) in [5.74, 6) is -0.276. The molecule has 2 N–H and O–H groups in total. The van der Waals surface area contributed by atoms with Crippen molar-refractivity contribution in [2.75, 3.05) is 0 Å². The van der Waals surface area contributed by atoms with Gasteiger partial charge in [-0.3, -0.25) is 4.79 Å². The van der Waals surface area contributed by atoms with Crippen LogP contribution in [0, 0.1) is 0 Å². The van der Waals surface area contributed by atoms with E-state index in [1.54, 1.807) is 24.3 Å². The van der Waals surface area contributed by atoms with Crippen molar-refractivity contribution in [1.82, 2.24) is 20.1 Å². The van der Waals surface area contributed by atoms with Crippen LogP contribution in [0.5, 0.6) is 0 Å². The number of fused-ring (bicyclic) bond motifs is 1. The number of aromatic nitrogens is 3. The molecule has 2 heterocycles. The smallest absolute Gasteiger partial charge is 0.357 e. The summed E-state index contributed by atoms with van der Waals surface area (Å²) < 4.78 is 39.1. The zero-order valence-electron chi connectivity index (χ0n) is 14.5. The van der Waals surface area contributed by atoms with E-state index in [1.165, 1.54) is 6.20 Å². The number of halogens is 3. The Balaban J connectivity index is 1.43. The van der Waals surface area contributed by atoms with Gasteiger partial charge < -0.3 is 10.3 Å². The lowest BCUT2D eigenvalue weighted by Gasteiger charge is -2.06.